The molecule has 0 atom stereocenters. The summed E-state index contributed by atoms with van der Waals surface area (Å²) in [4.78, 5) is 16.5. The fourth-order valence-electron chi connectivity index (χ4n) is 3.16. The molecule has 0 saturated heterocycles. The van der Waals surface area contributed by atoms with Crippen LogP contribution in [-0.4, -0.2) is 18.5 Å². The van der Waals surface area contributed by atoms with Crippen LogP contribution in [0.3, 0.4) is 0 Å². The van der Waals surface area contributed by atoms with Crippen molar-refractivity contribution in [2.45, 2.75) is 13.5 Å². The van der Waals surface area contributed by atoms with Crippen molar-refractivity contribution in [1.29, 1.82) is 0 Å². The molecule has 0 radical (unpaired) electrons. The van der Waals surface area contributed by atoms with Crippen molar-refractivity contribution in [2.24, 2.45) is 4.99 Å². The first-order valence-electron chi connectivity index (χ1n) is 10.1. The Morgan fingerprint density at radius 1 is 1.12 bits per heavy atom. The molecular weight excluding hydrogens is 560 g/mol. The summed E-state index contributed by atoms with van der Waals surface area (Å²) in [6.07, 6.45) is 1.51. The molecule has 0 saturated carbocycles. The molecule has 0 aromatic heterocycles. The summed E-state index contributed by atoms with van der Waals surface area (Å²) < 4.78 is 32.0. The number of hydrogen-bond donors (Lipinski definition) is 0. The lowest BCUT2D eigenvalue weighted by Crippen LogP contribution is -2.07. The third kappa shape index (κ3) is 5.36. The SMILES string of the molecule is CCOc1cc(/C=C2\N=C(c3ccccc3F)OC2=O)cc(Cl)c1OCc1ccccc1I. The van der Waals surface area contributed by atoms with Gasteiger partial charge in [0.25, 0.3) is 0 Å². The molecule has 4 rings (SSSR count). The van der Waals surface area contributed by atoms with Gasteiger partial charge in [-0.3, -0.25) is 0 Å². The molecule has 8 heteroatoms. The highest BCUT2D eigenvalue weighted by Gasteiger charge is 2.26. The number of rotatable bonds is 7. The van der Waals surface area contributed by atoms with Gasteiger partial charge in [0.2, 0.25) is 5.90 Å². The molecule has 1 aliphatic heterocycles. The summed E-state index contributed by atoms with van der Waals surface area (Å²) in [5.74, 6) is -0.446. The van der Waals surface area contributed by atoms with E-state index in [0.717, 1.165) is 9.13 Å². The number of esters is 1. The van der Waals surface area contributed by atoms with E-state index in [4.69, 9.17) is 25.8 Å². The van der Waals surface area contributed by atoms with Crippen molar-refractivity contribution < 1.29 is 23.4 Å². The molecule has 1 heterocycles. The predicted octanol–water partition coefficient (Wildman–Crippen LogP) is 6.41. The quantitative estimate of drug-likeness (QED) is 0.185. The fourth-order valence-corrected chi connectivity index (χ4v) is 3.97. The second-order valence-electron chi connectivity index (χ2n) is 6.96. The molecule has 5 nitrogen and oxygen atoms in total. The largest absolute Gasteiger partial charge is 0.490 e. The van der Waals surface area contributed by atoms with Crippen LogP contribution >= 0.6 is 34.2 Å². The lowest BCUT2D eigenvalue weighted by atomic mass is 10.1. The lowest BCUT2D eigenvalue weighted by molar-refractivity contribution is -0.129. The number of aliphatic imine (C=N–C) groups is 1. The molecular formula is C25H18ClFINO4. The van der Waals surface area contributed by atoms with Crippen LogP contribution in [0, 0.1) is 9.39 Å². The number of hydrogen-bond acceptors (Lipinski definition) is 5. The van der Waals surface area contributed by atoms with Crippen molar-refractivity contribution in [3.8, 4) is 11.5 Å². The van der Waals surface area contributed by atoms with E-state index in [0.29, 0.717) is 35.3 Å². The number of halogens is 3. The van der Waals surface area contributed by atoms with Gasteiger partial charge in [0.1, 0.15) is 12.4 Å². The van der Waals surface area contributed by atoms with Crippen LogP contribution in [0.15, 0.2) is 71.4 Å². The van der Waals surface area contributed by atoms with Crippen molar-refractivity contribution in [2.75, 3.05) is 6.61 Å². The first kappa shape index (κ1) is 23.3. The van der Waals surface area contributed by atoms with E-state index in [1.165, 1.54) is 18.2 Å². The normalized spacial score (nSPS) is 14.2. The van der Waals surface area contributed by atoms with Gasteiger partial charge in [-0.15, -0.1) is 0 Å². The van der Waals surface area contributed by atoms with E-state index >= 15 is 0 Å². The molecule has 0 N–H and O–H groups in total. The minimum atomic E-state index is -0.679. The summed E-state index contributed by atoms with van der Waals surface area (Å²) in [6.45, 7) is 2.57. The van der Waals surface area contributed by atoms with Crippen LogP contribution < -0.4 is 9.47 Å². The molecule has 0 fully saturated rings. The second kappa shape index (κ2) is 10.4. The number of carbonyl (C=O) groups excluding carboxylic acids is 1. The summed E-state index contributed by atoms with van der Waals surface area (Å²) >= 11 is 8.75. The van der Waals surface area contributed by atoms with Gasteiger partial charge < -0.3 is 14.2 Å². The molecule has 3 aromatic rings. The van der Waals surface area contributed by atoms with Gasteiger partial charge in [0.15, 0.2) is 17.2 Å². The molecule has 168 valence electrons. The van der Waals surface area contributed by atoms with Gasteiger partial charge in [0.05, 0.1) is 17.2 Å². The predicted molar refractivity (Wildman–Crippen MR) is 133 cm³/mol. The minimum absolute atomic E-state index is 0.0271. The Bertz CT molecular complexity index is 1280. The van der Waals surface area contributed by atoms with Gasteiger partial charge in [-0.05, 0) is 71.5 Å². The molecule has 3 aromatic carbocycles. The highest BCUT2D eigenvalue weighted by molar-refractivity contribution is 14.1. The van der Waals surface area contributed by atoms with Gasteiger partial charge >= 0.3 is 5.97 Å². The average molecular weight is 578 g/mol. The van der Waals surface area contributed by atoms with Crippen LogP contribution in [0.1, 0.15) is 23.6 Å². The van der Waals surface area contributed by atoms with Crippen LogP contribution in [0.5, 0.6) is 11.5 Å². The van der Waals surface area contributed by atoms with E-state index in [1.54, 1.807) is 24.3 Å². The number of benzene rings is 3. The highest BCUT2D eigenvalue weighted by atomic mass is 127. The average Bonchev–Trinajstić information content (AvgIpc) is 3.14. The topological polar surface area (TPSA) is 57.1 Å². The van der Waals surface area contributed by atoms with Crippen molar-refractivity contribution in [3.63, 3.8) is 0 Å². The van der Waals surface area contributed by atoms with Crippen molar-refractivity contribution in [3.05, 3.63) is 97.5 Å². The lowest BCUT2D eigenvalue weighted by Gasteiger charge is -2.15. The van der Waals surface area contributed by atoms with E-state index in [9.17, 15) is 9.18 Å². The fraction of sp³-hybridized carbons (Fsp3) is 0.120. The Labute approximate surface area is 209 Å². The number of carbonyl (C=O) groups is 1. The molecule has 33 heavy (non-hydrogen) atoms. The van der Waals surface area contributed by atoms with Crippen molar-refractivity contribution >= 4 is 52.1 Å². The molecule has 1 aliphatic rings. The number of cyclic esters (lactones) is 1. The van der Waals surface area contributed by atoms with Crippen LogP contribution in [0.2, 0.25) is 5.02 Å². The van der Waals surface area contributed by atoms with Crippen LogP contribution in [0.25, 0.3) is 6.08 Å². The molecule has 0 aliphatic carbocycles. The smallest absolute Gasteiger partial charge is 0.363 e. The van der Waals surface area contributed by atoms with Gasteiger partial charge in [-0.2, -0.15) is 0 Å². The summed E-state index contributed by atoms with van der Waals surface area (Å²) in [5.41, 5.74) is 1.72. The van der Waals surface area contributed by atoms with Gasteiger partial charge in [-0.1, -0.05) is 41.9 Å². The molecule has 0 amide bonds. The molecule has 0 spiro atoms. The maximum absolute atomic E-state index is 14.0. The maximum Gasteiger partial charge on any atom is 0.363 e. The van der Waals surface area contributed by atoms with Crippen LogP contribution in [0.4, 0.5) is 4.39 Å². The Balaban J connectivity index is 1.63. The Morgan fingerprint density at radius 2 is 1.88 bits per heavy atom. The first-order chi connectivity index (χ1) is 16.0. The van der Waals surface area contributed by atoms with E-state index in [1.807, 2.05) is 31.2 Å². The summed E-state index contributed by atoms with van der Waals surface area (Å²) in [6, 6.07) is 17.2. The van der Waals surface area contributed by atoms with E-state index < -0.39 is 11.8 Å². The zero-order valence-corrected chi connectivity index (χ0v) is 20.4. The van der Waals surface area contributed by atoms with Gasteiger partial charge in [0, 0.05) is 9.13 Å². The zero-order chi connectivity index (χ0) is 23.4. The molecule has 0 unspecified atom stereocenters. The Hall–Kier alpha value is -2.91. The maximum atomic E-state index is 14.0. The number of nitrogens with zero attached hydrogens (tertiary/aromatic N) is 1. The van der Waals surface area contributed by atoms with Crippen molar-refractivity contribution in [1.82, 2.24) is 0 Å². The Kier molecular flexibility index (Phi) is 7.29. The third-order valence-electron chi connectivity index (χ3n) is 4.69. The highest BCUT2D eigenvalue weighted by Crippen LogP contribution is 2.38. The second-order valence-corrected chi connectivity index (χ2v) is 8.53. The summed E-state index contributed by atoms with van der Waals surface area (Å²) in [7, 11) is 0. The monoisotopic (exact) mass is 577 g/mol. The molecule has 0 bridgehead atoms. The Morgan fingerprint density at radius 3 is 2.64 bits per heavy atom. The zero-order valence-electron chi connectivity index (χ0n) is 17.5. The van der Waals surface area contributed by atoms with E-state index in [-0.39, 0.29) is 17.2 Å². The summed E-state index contributed by atoms with van der Waals surface area (Å²) in [5, 5.41) is 0.323. The van der Waals surface area contributed by atoms with Gasteiger partial charge in [-0.25, -0.2) is 14.2 Å². The first-order valence-corrected chi connectivity index (χ1v) is 11.5. The standard InChI is InChI=1S/C25H18ClFINO4/c1-2-31-22-13-15(11-18(26)23(22)32-14-16-7-3-6-10-20(16)28)12-21-25(30)33-24(29-21)17-8-4-5-9-19(17)27/h3-13H,2,14H2,1H3/b21-12-. The minimum Gasteiger partial charge on any atom is -0.490 e. The van der Waals surface area contributed by atoms with E-state index in [2.05, 4.69) is 27.6 Å². The third-order valence-corrected chi connectivity index (χ3v) is 6.02. The number of ether oxygens (including phenoxy) is 3. The van der Waals surface area contributed by atoms with Crippen LogP contribution in [-0.2, 0) is 16.1 Å².